The number of nitrogen functional groups attached to an aromatic ring is 1. The van der Waals surface area contributed by atoms with E-state index >= 15 is 0 Å². The van der Waals surface area contributed by atoms with Gasteiger partial charge in [0.2, 0.25) is 0 Å². The number of nitrogens with zero attached hydrogens (tertiary/aromatic N) is 2. The molecule has 0 saturated heterocycles. The SMILES string of the molecule is Nc1c2c(nc(=O)n1-c1ccccc1)CCCC2. The van der Waals surface area contributed by atoms with Gasteiger partial charge in [0.05, 0.1) is 11.4 Å². The molecule has 0 saturated carbocycles. The Morgan fingerprint density at radius 3 is 2.61 bits per heavy atom. The van der Waals surface area contributed by atoms with Crippen LogP contribution in [0.15, 0.2) is 35.1 Å². The molecule has 0 atom stereocenters. The molecule has 1 heterocycles. The zero-order chi connectivity index (χ0) is 12.5. The molecule has 0 bridgehead atoms. The number of rotatable bonds is 1. The standard InChI is InChI=1S/C14H15N3O/c15-13-11-8-4-5-9-12(11)16-14(18)17(13)10-6-2-1-3-7-10/h1-3,6-7H,4-5,8-9,15H2. The van der Waals surface area contributed by atoms with Crippen LogP contribution in [0.3, 0.4) is 0 Å². The molecule has 1 aliphatic carbocycles. The van der Waals surface area contributed by atoms with Crippen molar-refractivity contribution in [3.63, 3.8) is 0 Å². The number of nitrogens with two attached hydrogens (primary N) is 1. The number of hydrogen-bond donors (Lipinski definition) is 1. The second-order valence-corrected chi connectivity index (χ2v) is 4.58. The molecule has 2 N–H and O–H groups in total. The van der Waals surface area contributed by atoms with Gasteiger partial charge in [0.15, 0.2) is 0 Å². The van der Waals surface area contributed by atoms with Crippen LogP contribution in [0.4, 0.5) is 5.82 Å². The molecule has 0 unspecified atom stereocenters. The molecule has 92 valence electrons. The Morgan fingerprint density at radius 1 is 1.11 bits per heavy atom. The summed E-state index contributed by atoms with van der Waals surface area (Å²) in [4.78, 5) is 16.3. The second-order valence-electron chi connectivity index (χ2n) is 4.58. The first kappa shape index (κ1) is 11.0. The van der Waals surface area contributed by atoms with Crippen molar-refractivity contribution in [2.75, 3.05) is 5.73 Å². The summed E-state index contributed by atoms with van der Waals surface area (Å²) in [5.74, 6) is 0.552. The number of fused-ring (bicyclic) bond motifs is 1. The normalized spacial score (nSPS) is 14.2. The van der Waals surface area contributed by atoms with E-state index in [1.54, 1.807) is 0 Å². The molecular formula is C14H15N3O. The molecule has 18 heavy (non-hydrogen) atoms. The highest BCUT2D eigenvalue weighted by Gasteiger charge is 2.18. The molecule has 0 aliphatic heterocycles. The van der Waals surface area contributed by atoms with Gasteiger partial charge in [-0.25, -0.2) is 9.36 Å². The highest BCUT2D eigenvalue weighted by atomic mass is 16.1. The fourth-order valence-electron chi connectivity index (χ4n) is 2.52. The molecule has 0 radical (unpaired) electrons. The van der Waals surface area contributed by atoms with E-state index in [1.807, 2.05) is 30.3 Å². The molecule has 1 aliphatic rings. The molecule has 4 nitrogen and oxygen atoms in total. The fourth-order valence-corrected chi connectivity index (χ4v) is 2.52. The third kappa shape index (κ3) is 1.70. The maximum Gasteiger partial charge on any atom is 0.354 e. The minimum atomic E-state index is -0.278. The molecule has 4 heteroatoms. The summed E-state index contributed by atoms with van der Waals surface area (Å²) < 4.78 is 1.50. The molecule has 0 amide bonds. The predicted octanol–water partition coefficient (Wildman–Crippen LogP) is 1.69. The highest BCUT2D eigenvalue weighted by molar-refractivity contribution is 5.50. The van der Waals surface area contributed by atoms with Crippen LogP contribution in [-0.4, -0.2) is 9.55 Å². The van der Waals surface area contributed by atoms with Crippen molar-refractivity contribution in [3.8, 4) is 5.69 Å². The van der Waals surface area contributed by atoms with Crippen LogP contribution in [0.25, 0.3) is 5.69 Å². The van der Waals surface area contributed by atoms with E-state index in [-0.39, 0.29) is 5.69 Å². The van der Waals surface area contributed by atoms with Crippen LogP contribution in [0.2, 0.25) is 0 Å². The summed E-state index contributed by atoms with van der Waals surface area (Å²) in [6.45, 7) is 0. The van der Waals surface area contributed by atoms with E-state index in [4.69, 9.17) is 5.73 Å². The number of benzene rings is 1. The largest absolute Gasteiger partial charge is 0.384 e. The first-order chi connectivity index (χ1) is 8.77. The third-order valence-electron chi connectivity index (χ3n) is 3.43. The van der Waals surface area contributed by atoms with Crippen molar-refractivity contribution in [1.29, 1.82) is 0 Å². The highest BCUT2D eigenvalue weighted by Crippen LogP contribution is 2.24. The molecule has 2 aromatic rings. The van der Waals surface area contributed by atoms with Crippen molar-refractivity contribution in [3.05, 3.63) is 52.1 Å². The van der Waals surface area contributed by atoms with Gasteiger partial charge in [-0.05, 0) is 37.8 Å². The van der Waals surface area contributed by atoms with Crippen LogP contribution in [-0.2, 0) is 12.8 Å². The van der Waals surface area contributed by atoms with Crippen molar-refractivity contribution in [1.82, 2.24) is 9.55 Å². The zero-order valence-corrected chi connectivity index (χ0v) is 10.1. The molecule has 1 aromatic carbocycles. The predicted molar refractivity (Wildman–Crippen MR) is 70.9 cm³/mol. The van der Waals surface area contributed by atoms with Crippen LogP contribution < -0.4 is 11.4 Å². The van der Waals surface area contributed by atoms with E-state index in [0.717, 1.165) is 42.6 Å². The summed E-state index contributed by atoms with van der Waals surface area (Å²) in [5.41, 5.74) is 8.59. The van der Waals surface area contributed by atoms with E-state index < -0.39 is 0 Å². The topological polar surface area (TPSA) is 60.9 Å². The lowest BCUT2D eigenvalue weighted by atomic mass is 9.96. The van der Waals surface area contributed by atoms with Crippen LogP contribution in [0.1, 0.15) is 24.1 Å². The Hall–Kier alpha value is -2.10. The van der Waals surface area contributed by atoms with Gasteiger partial charge in [0, 0.05) is 5.56 Å². The Bertz CT molecular complexity index is 631. The number of aryl methyl sites for hydroxylation is 1. The summed E-state index contributed by atoms with van der Waals surface area (Å²) in [6, 6.07) is 9.43. The average molecular weight is 241 g/mol. The summed E-state index contributed by atoms with van der Waals surface area (Å²) in [7, 11) is 0. The summed E-state index contributed by atoms with van der Waals surface area (Å²) in [5, 5.41) is 0. The first-order valence-corrected chi connectivity index (χ1v) is 6.23. The smallest absolute Gasteiger partial charge is 0.354 e. The lowest BCUT2D eigenvalue weighted by Crippen LogP contribution is -2.28. The summed E-state index contributed by atoms with van der Waals surface area (Å²) >= 11 is 0. The Kier molecular flexibility index (Phi) is 2.63. The minimum Gasteiger partial charge on any atom is -0.384 e. The van der Waals surface area contributed by atoms with E-state index in [2.05, 4.69) is 4.98 Å². The average Bonchev–Trinajstić information content (AvgIpc) is 2.40. The molecule has 1 aromatic heterocycles. The van der Waals surface area contributed by atoms with Gasteiger partial charge in [-0.3, -0.25) is 0 Å². The van der Waals surface area contributed by atoms with Gasteiger partial charge in [-0.15, -0.1) is 0 Å². The number of anilines is 1. The fraction of sp³-hybridized carbons (Fsp3) is 0.286. The number of para-hydroxylation sites is 1. The van der Waals surface area contributed by atoms with Crippen molar-refractivity contribution in [2.45, 2.75) is 25.7 Å². The first-order valence-electron chi connectivity index (χ1n) is 6.23. The van der Waals surface area contributed by atoms with Gasteiger partial charge >= 0.3 is 5.69 Å². The van der Waals surface area contributed by atoms with E-state index in [0.29, 0.717) is 5.82 Å². The maximum atomic E-state index is 12.1. The van der Waals surface area contributed by atoms with Crippen LogP contribution in [0, 0.1) is 0 Å². The number of hydrogen-bond acceptors (Lipinski definition) is 3. The van der Waals surface area contributed by atoms with Gasteiger partial charge in [0.1, 0.15) is 5.82 Å². The lowest BCUT2D eigenvalue weighted by Gasteiger charge is -2.19. The minimum absolute atomic E-state index is 0.278. The lowest BCUT2D eigenvalue weighted by molar-refractivity contribution is 0.653. The van der Waals surface area contributed by atoms with E-state index in [9.17, 15) is 4.79 Å². The zero-order valence-electron chi connectivity index (χ0n) is 10.1. The van der Waals surface area contributed by atoms with E-state index in [1.165, 1.54) is 4.57 Å². The van der Waals surface area contributed by atoms with Gasteiger partial charge in [0.25, 0.3) is 0 Å². The van der Waals surface area contributed by atoms with Gasteiger partial charge in [-0.2, -0.15) is 4.98 Å². The van der Waals surface area contributed by atoms with Gasteiger partial charge < -0.3 is 5.73 Å². The Morgan fingerprint density at radius 2 is 1.83 bits per heavy atom. The van der Waals surface area contributed by atoms with Crippen LogP contribution in [0.5, 0.6) is 0 Å². The van der Waals surface area contributed by atoms with Crippen molar-refractivity contribution in [2.24, 2.45) is 0 Å². The number of aromatic nitrogens is 2. The van der Waals surface area contributed by atoms with Crippen molar-refractivity contribution < 1.29 is 0 Å². The maximum absolute atomic E-state index is 12.1. The molecule has 0 fully saturated rings. The molecule has 3 rings (SSSR count). The second kappa shape index (κ2) is 4.29. The Labute approximate surface area is 105 Å². The quantitative estimate of drug-likeness (QED) is 0.826. The Balaban J connectivity index is 2.25. The summed E-state index contributed by atoms with van der Waals surface area (Å²) in [6.07, 6.45) is 3.99. The van der Waals surface area contributed by atoms with Crippen LogP contribution >= 0.6 is 0 Å². The monoisotopic (exact) mass is 241 g/mol. The molecule has 0 spiro atoms. The third-order valence-corrected chi connectivity index (χ3v) is 3.43. The molecular weight excluding hydrogens is 226 g/mol. The van der Waals surface area contributed by atoms with Gasteiger partial charge in [-0.1, -0.05) is 18.2 Å². The van der Waals surface area contributed by atoms with Crippen molar-refractivity contribution >= 4 is 5.82 Å².